The fourth-order valence-corrected chi connectivity index (χ4v) is 3.47. The van der Waals surface area contributed by atoms with Crippen molar-refractivity contribution in [2.45, 2.75) is 44.2 Å². The minimum absolute atomic E-state index is 0.0743. The lowest BCUT2D eigenvalue weighted by Crippen LogP contribution is -2.34. The SMILES string of the molecule is O=C(NCCc1noc(C(F)(F)F)n1)[C@@H](c1ccccc1)C1CCCC1. The quantitative estimate of drug-likeness (QED) is 0.845. The molecule has 1 aliphatic rings. The Morgan fingerprint density at radius 3 is 2.54 bits per heavy atom. The third-order valence-corrected chi connectivity index (χ3v) is 4.67. The van der Waals surface area contributed by atoms with E-state index >= 15 is 0 Å². The molecule has 1 amide bonds. The Labute approximate surface area is 149 Å². The second-order valence-electron chi connectivity index (χ2n) is 6.49. The number of nitrogens with one attached hydrogen (secondary N) is 1. The Kier molecular flexibility index (Phi) is 5.58. The van der Waals surface area contributed by atoms with Crippen LogP contribution < -0.4 is 5.32 Å². The van der Waals surface area contributed by atoms with Gasteiger partial charge >= 0.3 is 12.1 Å². The van der Waals surface area contributed by atoms with Gasteiger partial charge in [0.15, 0.2) is 5.82 Å². The summed E-state index contributed by atoms with van der Waals surface area (Å²) in [4.78, 5) is 16.0. The number of benzene rings is 1. The largest absolute Gasteiger partial charge is 0.471 e. The topological polar surface area (TPSA) is 68.0 Å². The predicted molar refractivity (Wildman–Crippen MR) is 87.2 cm³/mol. The highest BCUT2D eigenvalue weighted by Crippen LogP contribution is 2.37. The molecule has 0 saturated heterocycles. The highest BCUT2D eigenvalue weighted by Gasteiger charge is 2.38. The van der Waals surface area contributed by atoms with Gasteiger partial charge in [0.05, 0.1) is 5.92 Å². The first-order valence-corrected chi connectivity index (χ1v) is 8.67. The monoisotopic (exact) mass is 367 g/mol. The van der Waals surface area contributed by atoms with E-state index in [0.717, 1.165) is 31.2 Å². The molecular formula is C18H20F3N3O2. The molecule has 1 saturated carbocycles. The molecule has 5 nitrogen and oxygen atoms in total. The van der Waals surface area contributed by atoms with E-state index in [1.807, 2.05) is 30.3 Å². The lowest BCUT2D eigenvalue weighted by Gasteiger charge is -2.23. The van der Waals surface area contributed by atoms with Gasteiger partial charge in [-0.15, -0.1) is 0 Å². The summed E-state index contributed by atoms with van der Waals surface area (Å²) in [5.41, 5.74) is 0.968. The minimum atomic E-state index is -4.66. The zero-order chi connectivity index (χ0) is 18.6. The molecule has 1 aliphatic carbocycles. The zero-order valence-electron chi connectivity index (χ0n) is 14.1. The van der Waals surface area contributed by atoms with E-state index in [1.165, 1.54) is 0 Å². The fraction of sp³-hybridized carbons (Fsp3) is 0.500. The summed E-state index contributed by atoms with van der Waals surface area (Å²) in [5, 5.41) is 6.12. The van der Waals surface area contributed by atoms with E-state index in [0.29, 0.717) is 5.92 Å². The summed E-state index contributed by atoms with van der Waals surface area (Å²) in [6.07, 6.45) is -0.332. The molecular weight excluding hydrogens is 347 g/mol. The van der Waals surface area contributed by atoms with Gasteiger partial charge < -0.3 is 9.84 Å². The summed E-state index contributed by atoms with van der Waals surface area (Å²) in [5.74, 6) is -1.50. The Bertz CT molecular complexity index is 725. The van der Waals surface area contributed by atoms with Gasteiger partial charge in [0.2, 0.25) is 5.91 Å². The van der Waals surface area contributed by atoms with Crippen LogP contribution in [0.3, 0.4) is 0 Å². The van der Waals surface area contributed by atoms with Gasteiger partial charge in [-0.3, -0.25) is 4.79 Å². The highest BCUT2D eigenvalue weighted by molar-refractivity contribution is 5.84. The number of nitrogens with zero attached hydrogens (tertiary/aromatic N) is 2. The molecule has 0 bridgehead atoms. The van der Waals surface area contributed by atoms with E-state index in [-0.39, 0.29) is 30.6 Å². The molecule has 1 atom stereocenters. The lowest BCUT2D eigenvalue weighted by molar-refractivity contribution is -0.159. The molecule has 2 aromatic rings. The number of carbonyl (C=O) groups is 1. The van der Waals surface area contributed by atoms with Gasteiger partial charge in [-0.2, -0.15) is 18.2 Å². The Morgan fingerprint density at radius 1 is 1.23 bits per heavy atom. The lowest BCUT2D eigenvalue weighted by atomic mass is 9.84. The standard InChI is InChI=1S/C18H20F3N3O2/c19-18(20,21)17-23-14(24-26-17)10-11-22-16(25)15(13-8-4-5-9-13)12-6-2-1-3-7-12/h1-3,6-7,13,15H,4-5,8-11H2,(H,22,25)/t15-/m0/s1. The zero-order valence-corrected chi connectivity index (χ0v) is 14.1. The number of aromatic nitrogens is 2. The second kappa shape index (κ2) is 7.88. The Hall–Kier alpha value is -2.38. The summed E-state index contributed by atoms with van der Waals surface area (Å²) in [7, 11) is 0. The van der Waals surface area contributed by atoms with Crippen LogP contribution in [0.15, 0.2) is 34.9 Å². The van der Waals surface area contributed by atoms with Gasteiger partial charge in [0.25, 0.3) is 0 Å². The number of carbonyl (C=O) groups excluding carboxylic acids is 1. The van der Waals surface area contributed by atoms with Crippen LogP contribution in [0.2, 0.25) is 0 Å². The molecule has 1 N–H and O–H groups in total. The van der Waals surface area contributed by atoms with Crippen LogP contribution in [-0.4, -0.2) is 22.6 Å². The van der Waals surface area contributed by atoms with Crippen molar-refractivity contribution in [3.05, 3.63) is 47.6 Å². The molecule has 8 heteroatoms. The van der Waals surface area contributed by atoms with Crippen molar-refractivity contribution in [1.82, 2.24) is 15.5 Å². The van der Waals surface area contributed by atoms with Crippen molar-refractivity contribution in [2.75, 3.05) is 6.54 Å². The number of amides is 1. The molecule has 1 heterocycles. The van der Waals surface area contributed by atoms with Gasteiger partial charge in [0.1, 0.15) is 0 Å². The smallest absolute Gasteiger partial charge is 0.355 e. The Morgan fingerprint density at radius 2 is 1.92 bits per heavy atom. The van der Waals surface area contributed by atoms with Crippen LogP contribution >= 0.6 is 0 Å². The van der Waals surface area contributed by atoms with Gasteiger partial charge in [-0.05, 0) is 24.3 Å². The van der Waals surface area contributed by atoms with Gasteiger partial charge in [-0.1, -0.05) is 48.3 Å². The third kappa shape index (κ3) is 4.42. The van der Waals surface area contributed by atoms with E-state index in [2.05, 4.69) is 20.0 Å². The van der Waals surface area contributed by atoms with Gasteiger partial charge in [0, 0.05) is 13.0 Å². The summed E-state index contributed by atoms with van der Waals surface area (Å²) < 4.78 is 41.5. The number of hydrogen-bond acceptors (Lipinski definition) is 4. The molecule has 0 spiro atoms. The van der Waals surface area contributed by atoms with E-state index in [1.54, 1.807) is 0 Å². The molecule has 0 unspecified atom stereocenters. The van der Waals surface area contributed by atoms with Crippen molar-refractivity contribution >= 4 is 5.91 Å². The molecule has 140 valence electrons. The van der Waals surface area contributed by atoms with Crippen LogP contribution in [0.1, 0.15) is 48.9 Å². The van der Waals surface area contributed by atoms with Crippen LogP contribution in [0, 0.1) is 5.92 Å². The average Bonchev–Trinajstić information content (AvgIpc) is 3.28. The highest BCUT2D eigenvalue weighted by atomic mass is 19.4. The van der Waals surface area contributed by atoms with E-state index in [4.69, 9.17) is 0 Å². The Balaban J connectivity index is 1.60. The molecule has 1 aromatic heterocycles. The van der Waals surface area contributed by atoms with Crippen LogP contribution in [0.5, 0.6) is 0 Å². The number of hydrogen-bond donors (Lipinski definition) is 1. The first-order valence-electron chi connectivity index (χ1n) is 8.67. The van der Waals surface area contributed by atoms with Gasteiger partial charge in [-0.25, -0.2) is 0 Å². The summed E-state index contributed by atoms with van der Waals surface area (Å²) in [6, 6.07) is 9.60. The molecule has 3 rings (SSSR count). The molecule has 0 aliphatic heterocycles. The first kappa shape index (κ1) is 18.4. The van der Waals surface area contributed by atoms with Crippen molar-refractivity contribution in [3.63, 3.8) is 0 Å². The van der Waals surface area contributed by atoms with Crippen molar-refractivity contribution in [1.29, 1.82) is 0 Å². The average molecular weight is 367 g/mol. The number of alkyl halides is 3. The third-order valence-electron chi connectivity index (χ3n) is 4.67. The fourth-order valence-electron chi connectivity index (χ4n) is 3.47. The van der Waals surface area contributed by atoms with Crippen molar-refractivity contribution < 1.29 is 22.5 Å². The number of halogens is 3. The molecule has 0 radical (unpaired) electrons. The minimum Gasteiger partial charge on any atom is -0.355 e. The molecule has 1 fully saturated rings. The normalized spacial score (nSPS) is 16.6. The first-order chi connectivity index (χ1) is 12.4. The maximum absolute atomic E-state index is 12.7. The molecule has 26 heavy (non-hydrogen) atoms. The summed E-state index contributed by atoms with van der Waals surface area (Å²) >= 11 is 0. The van der Waals surface area contributed by atoms with E-state index in [9.17, 15) is 18.0 Å². The summed E-state index contributed by atoms with van der Waals surface area (Å²) in [6.45, 7) is 0.158. The van der Waals surface area contributed by atoms with E-state index < -0.39 is 12.1 Å². The maximum atomic E-state index is 12.7. The second-order valence-corrected chi connectivity index (χ2v) is 6.49. The van der Waals surface area contributed by atoms with Crippen LogP contribution in [0.4, 0.5) is 13.2 Å². The maximum Gasteiger partial charge on any atom is 0.471 e. The van der Waals surface area contributed by atoms with Crippen molar-refractivity contribution in [3.8, 4) is 0 Å². The van der Waals surface area contributed by atoms with Crippen molar-refractivity contribution in [2.24, 2.45) is 5.92 Å². The van der Waals surface area contributed by atoms with Crippen LogP contribution in [0.25, 0.3) is 0 Å². The number of rotatable bonds is 6. The molecule has 1 aromatic carbocycles. The van der Waals surface area contributed by atoms with Crippen LogP contribution in [-0.2, 0) is 17.4 Å². The predicted octanol–water partition coefficient (Wildman–Crippen LogP) is 3.72.